The Morgan fingerprint density at radius 1 is 1.00 bits per heavy atom. The maximum Gasteiger partial charge on any atom is 0.410 e. The van der Waals surface area contributed by atoms with Crippen LogP contribution in [0.4, 0.5) is 4.79 Å². The quantitative estimate of drug-likeness (QED) is 0.655. The van der Waals surface area contributed by atoms with Crippen molar-refractivity contribution in [3.63, 3.8) is 0 Å². The van der Waals surface area contributed by atoms with Gasteiger partial charge in [0, 0.05) is 26.2 Å². The van der Waals surface area contributed by atoms with Gasteiger partial charge in [0.25, 0.3) is 0 Å². The van der Waals surface area contributed by atoms with Gasteiger partial charge in [0.15, 0.2) is 0 Å². The molecule has 0 aliphatic carbocycles. The van der Waals surface area contributed by atoms with Crippen LogP contribution < -0.4 is 0 Å². The molecular weight excluding hydrogens is 426 g/mol. The number of hydrogen-bond acceptors (Lipinski definition) is 7. The lowest BCUT2D eigenvalue weighted by atomic mass is 9.78. The van der Waals surface area contributed by atoms with Crippen LogP contribution in [0.3, 0.4) is 0 Å². The lowest BCUT2D eigenvalue weighted by Crippen LogP contribution is -2.46. The van der Waals surface area contributed by atoms with E-state index in [1.165, 1.54) is 15.9 Å². The zero-order chi connectivity index (χ0) is 22.8. The predicted octanol–water partition coefficient (Wildman–Crippen LogP) is 0.708. The SMILES string of the molecule is O=C(Cn1cnnn1)N1CCC2(CC1)CCN(C(=O)CN1C(=O)OC[C@@H]1c1ccccc1)C2. The molecule has 3 fully saturated rings. The zero-order valence-corrected chi connectivity index (χ0v) is 18.4. The van der Waals surface area contributed by atoms with Crippen LogP contribution >= 0.6 is 0 Å². The normalized spacial score (nSPS) is 22.1. The first kappa shape index (κ1) is 21.4. The Morgan fingerprint density at radius 3 is 2.39 bits per heavy atom. The summed E-state index contributed by atoms with van der Waals surface area (Å²) in [7, 11) is 0. The summed E-state index contributed by atoms with van der Waals surface area (Å²) in [4.78, 5) is 43.1. The van der Waals surface area contributed by atoms with E-state index in [2.05, 4.69) is 15.5 Å². The molecule has 1 aromatic carbocycles. The number of aromatic nitrogens is 4. The van der Waals surface area contributed by atoms with Crippen molar-refractivity contribution in [2.45, 2.75) is 31.8 Å². The number of carbonyl (C=O) groups excluding carboxylic acids is 3. The van der Waals surface area contributed by atoms with Gasteiger partial charge in [-0.05, 0) is 40.7 Å². The van der Waals surface area contributed by atoms with Crippen LogP contribution in [0.2, 0.25) is 0 Å². The number of piperidine rings is 1. The highest BCUT2D eigenvalue weighted by Crippen LogP contribution is 2.40. The molecule has 5 rings (SSSR count). The van der Waals surface area contributed by atoms with Crippen LogP contribution in [0.1, 0.15) is 30.9 Å². The van der Waals surface area contributed by atoms with Gasteiger partial charge < -0.3 is 14.5 Å². The molecule has 3 saturated heterocycles. The van der Waals surface area contributed by atoms with E-state index in [-0.39, 0.29) is 43.0 Å². The monoisotopic (exact) mass is 453 g/mol. The molecule has 0 unspecified atom stereocenters. The maximum atomic E-state index is 13.1. The minimum Gasteiger partial charge on any atom is -0.447 e. The zero-order valence-electron chi connectivity index (χ0n) is 18.4. The number of ether oxygens (including phenoxy) is 1. The third-order valence-corrected chi connectivity index (χ3v) is 7.12. The first-order valence-corrected chi connectivity index (χ1v) is 11.3. The second-order valence-electron chi connectivity index (χ2n) is 9.08. The Morgan fingerprint density at radius 2 is 1.70 bits per heavy atom. The number of hydrogen-bond donors (Lipinski definition) is 0. The second kappa shape index (κ2) is 8.80. The summed E-state index contributed by atoms with van der Waals surface area (Å²) in [6, 6.07) is 9.41. The molecule has 0 bridgehead atoms. The number of rotatable bonds is 5. The van der Waals surface area contributed by atoms with Gasteiger partial charge in [-0.3, -0.25) is 14.5 Å². The van der Waals surface area contributed by atoms with Crippen molar-refractivity contribution >= 4 is 17.9 Å². The van der Waals surface area contributed by atoms with E-state index >= 15 is 0 Å². The molecule has 3 aliphatic rings. The average molecular weight is 454 g/mol. The van der Waals surface area contributed by atoms with Crippen molar-refractivity contribution in [3.05, 3.63) is 42.2 Å². The lowest BCUT2D eigenvalue weighted by Gasteiger charge is -2.39. The molecule has 4 heterocycles. The van der Waals surface area contributed by atoms with Crippen molar-refractivity contribution < 1.29 is 19.1 Å². The average Bonchev–Trinajstić information content (AvgIpc) is 3.57. The largest absolute Gasteiger partial charge is 0.447 e. The molecule has 11 heteroatoms. The minimum atomic E-state index is -0.444. The Bertz CT molecular complexity index is 1010. The van der Waals surface area contributed by atoms with E-state index in [0.717, 1.165) is 24.8 Å². The van der Waals surface area contributed by atoms with Crippen LogP contribution in [0.25, 0.3) is 0 Å². The van der Waals surface area contributed by atoms with Gasteiger partial charge in [-0.25, -0.2) is 9.48 Å². The number of tetrazole rings is 1. The molecule has 1 atom stereocenters. The molecule has 1 spiro atoms. The summed E-state index contributed by atoms with van der Waals surface area (Å²) < 4.78 is 6.67. The summed E-state index contributed by atoms with van der Waals surface area (Å²) in [6.45, 7) is 3.09. The van der Waals surface area contributed by atoms with E-state index < -0.39 is 6.09 Å². The molecule has 33 heavy (non-hydrogen) atoms. The lowest BCUT2D eigenvalue weighted by molar-refractivity contribution is -0.135. The van der Waals surface area contributed by atoms with Gasteiger partial charge in [0.2, 0.25) is 11.8 Å². The molecule has 0 radical (unpaired) electrons. The highest BCUT2D eigenvalue weighted by atomic mass is 16.6. The van der Waals surface area contributed by atoms with Gasteiger partial charge in [-0.15, -0.1) is 5.10 Å². The first-order valence-electron chi connectivity index (χ1n) is 11.3. The smallest absolute Gasteiger partial charge is 0.410 e. The first-order chi connectivity index (χ1) is 16.0. The van der Waals surface area contributed by atoms with Crippen LogP contribution in [-0.2, 0) is 20.9 Å². The Kier molecular flexibility index (Phi) is 5.69. The number of carbonyl (C=O) groups is 3. The standard InChI is InChI=1S/C22H27N7O4/c30-19(12-28-16-23-24-25-28)26-9-6-22(7-10-26)8-11-27(15-22)20(31)13-29-18(14-33-21(29)32)17-4-2-1-3-5-17/h1-5,16,18H,6-15H2/t18-/m1/s1. The highest BCUT2D eigenvalue weighted by molar-refractivity contribution is 5.83. The van der Waals surface area contributed by atoms with Crippen molar-refractivity contribution in [2.75, 3.05) is 39.3 Å². The van der Waals surface area contributed by atoms with Gasteiger partial charge in [-0.2, -0.15) is 0 Å². The molecule has 0 N–H and O–H groups in total. The van der Waals surface area contributed by atoms with Gasteiger partial charge >= 0.3 is 6.09 Å². The Hall–Kier alpha value is -3.50. The van der Waals surface area contributed by atoms with Gasteiger partial charge in [0.05, 0.1) is 6.04 Å². The second-order valence-corrected chi connectivity index (χ2v) is 9.08. The molecule has 3 aliphatic heterocycles. The Labute approximate surface area is 191 Å². The minimum absolute atomic E-state index is 0.00239. The van der Waals surface area contributed by atoms with Crippen molar-refractivity contribution in [1.82, 2.24) is 34.9 Å². The molecule has 174 valence electrons. The van der Waals surface area contributed by atoms with Crippen LogP contribution in [0.15, 0.2) is 36.7 Å². The Balaban J connectivity index is 1.15. The van der Waals surface area contributed by atoms with E-state index in [4.69, 9.17) is 4.74 Å². The summed E-state index contributed by atoms with van der Waals surface area (Å²) >= 11 is 0. The maximum absolute atomic E-state index is 13.1. The predicted molar refractivity (Wildman–Crippen MR) is 114 cm³/mol. The van der Waals surface area contributed by atoms with Crippen molar-refractivity contribution in [2.24, 2.45) is 5.41 Å². The summed E-state index contributed by atoms with van der Waals surface area (Å²) in [6.07, 6.45) is 3.62. The number of nitrogens with zero attached hydrogens (tertiary/aromatic N) is 7. The molecule has 11 nitrogen and oxygen atoms in total. The summed E-state index contributed by atoms with van der Waals surface area (Å²) in [5, 5.41) is 10.9. The van der Waals surface area contributed by atoms with E-state index in [9.17, 15) is 14.4 Å². The third-order valence-electron chi connectivity index (χ3n) is 7.12. The van der Waals surface area contributed by atoms with E-state index in [1.54, 1.807) is 0 Å². The molecule has 2 aromatic rings. The molecular formula is C22H27N7O4. The number of likely N-dealkylation sites (tertiary alicyclic amines) is 2. The van der Waals surface area contributed by atoms with E-state index in [0.29, 0.717) is 26.2 Å². The topological polar surface area (TPSA) is 114 Å². The van der Waals surface area contributed by atoms with Crippen LogP contribution in [0, 0.1) is 5.41 Å². The fourth-order valence-corrected chi connectivity index (χ4v) is 5.10. The summed E-state index contributed by atoms with van der Waals surface area (Å²) in [5.41, 5.74) is 0.999. The van der Waals surface area contributed by atoms with Gasteiger partial charge in [0.1, 0.15) is 26.0 Å². The number of amides is 3. The van der Waals surface area contributed by atoms with Crippen LogP contribution in [0.5, 0.6) is 0 Å². The van der Waals surface area contributed by atoms with Crippen LogP contribution in [-0.4, -0.2) is 92.1 Å². The third kappa shape index (κ3) is 4.39. The van der Waals surface area contributed by atoms with Crippen molar-refractivity contribution in [3.8, 4) is 0 Å². The fourth-order valence-electron chi connectivity index (χ4n) is 5.10. The van der Waals surface area contributed by atoms with E-state index in [1.807, 2.05) is 40.1 Å². The highest BCUT2D eigenvalue weighted by Gasteiger charge is 2.44. The van der Waals surface area contributed by atoms with Gasteiger partial charge in [-0.1, -0.05) is 30.3 Å². The van der Waals surface area contributed by atoms with Crippen molar-refractivity contribution in [1.29, 1.82) is 0 Å². The number of benzene rings is 1. The molecule has 0 saturated carbocycles. The summed E-state index contributed by atoms with van der Waals surface area (Å²) in [5.74, 6) is -0.0496. The number of cyclic esters (lactones) is 1. The molecule has 1 aromatic heterocycles. The fraction of sp³-hybridized carbons (Fsp3) is 0.545. The molecule has 3 amide bonds.